The predicted octanol–water partition coefficient (Wildman–Crippen LogP) is 4.11. The van der Waals surface area contributed by atoms with E-state index in [-0.39, 0.29) is 0 Å². The molecule has 1 unspecified atom stereocenters. The van der Waals surface area contributed by atoms with Gasteiger partial charge in [0.1, 0.15) is 5.83 Å². The molecule has 0 fully saturated rings. The molecule has 0 rings (SSSR count). The van der Waals surface area contributed by atoms with Crippen LogP contribution in [0.25, 0.3) is 0 Å². The smallest absolute Gasteiger partial charge is 0.205 e. The van der Waals surface area contributed by atoms with Crippen LogP contribution in [0.1, 0.15) is 32.6 Å². The summed E-state index contributed by atoms with van der Waals surface area (Å²) in [5, 5.41) is -1.62. The quantitative estimate of drug-likeness (QED) is 0.489. The summed E-state index contributed by atoms with van der Waals surface area (Å²) in [6.45, 7) is 2.07. The van der Waals surface area contributed by atoms with Gasteiger partial charge in [0, 0.05) is 0 Å². The Bertz CT molecular complexity index is 121. The monoisotopic (exact) mass is 226 g/mol. The van der Waals surface area contributed by atoms with Crippen LogP contribution in [0, 0.1) is 0 Å². The van der Waals surface area contributed by atoms with Gasteiger partial charge in [-0.05, 0) is 34.8 Å². The maximum absolute atomic E-state index is 12.4. The molecule has 0 N–H and O–H groups in total. The molecule has 0 aromatic heterocycles. The van der Waals surface area contributed by atoms with Crippen molar-refractivity contribution in [3.8, 4) is 0 Å². The minimum atomic E-state index is -1.62. The van der Waals surface area contributed by atoms with E-state index in [1.807, 2.05) is 0 Å². The Kier molecular flexibility index (Phi) is 6.82. The average Bonchev–Trinajstić information content (AvgIpc) is 1.97. The highest BCUT2D eigenvalue weighted by Gasteiger charge is 2.05. The number of hydrogen-bond acceptors (Lipinski definition) is 0. The van der Waals surface area contributed by atoms with Crippen LogP contribution in [0.4, 0.5) is 8.78 Å². The lowest BCUT2D eigenvalue weighted by Crippen LogP contribution is -1.87. The molecule has 0 aliphatic heterocycles. The maximum atomic E-state index is 12.4. The average molecular weight is 227 g/mol. The van der Waals surface area contributed by atoms with Crippen molar-refractivity contribution in [3.05, 3.63) is 11.9 Å². The molecule has 0 saturated carbocycles. The van der Waals surface area contributed by atoms with Crippen LogP contribution in [-0.4, -0.2) is 5.08 Å². The molecule has 1 atom stereocenters. The van der Waals surface area contributed by atoms with Gasteiger partial charge in [0.05, 0.1) is 0 Å². The van der Waals surface area contributed by atoms with Crippen molar-refractivity contribution >= 4 is 15.9 Å². The zero-order valence-electron chi connectivity index (χ0n) is 6.62. The van der Waals surface area contributed by atoms with E-state index in [2.05, 4.69) is 22.9 Å². The van der Waals surface area contributed by atoms with Crippen LogP contribution in [0.15, 0.2) is 11.9 Å². The van der Waals surface area contributed by atoms with Crippen molar-refractivity contribution in [2.45, 2.75) is 37.7 Å². The van der Waals surface area contributed by atoms with Crippen LogP contribution in [0.2, 0.25) is 0 Å². The number of halogens is 3. The van der Waals surface area contributed by atoms with Crippen LogP contribution >= 0.6 is 15.9 Å². The number of alkyl halides is 2. The van der Waals surface area contributed by atoms with Crippen molar-refractivity contribution in [3.63, 3.8) is 0 Å². The Morgan fingerprint density at radius 1 is 1.55 bits per heavy atom. The van der Waals surface area contributed by atoms with Gasteiger partial charge < -0.3 is 0 Å². The molecule has 0 bridgehead atoms. The second kappa shape index (κ2) is 6.77. The molecule has 0 spiro atoms. The summed E-state index contributed by atoms with van der Waals surface area (Å²) in [6.07, 6.45) is 5.04. The Morgan fingerprint density at radius 2 is 2.18 bits per heavy atom. The first-order chi connectivity index (χ1) is 5.18. The standard InChI is InChI=1S/C8H13BrF2/c1-2-3-4-5-6-7(10)8(9)11/h6,8H,2-5H2,1H3. The van der Waals surface area contributed by atoms with Crippen molar-refractivity contribution in [1.82, 2.24) is 0 Å². The number of rotatable bonds is 5. The second-order valence-corrected chi connectivity index (χ2v) is 3.19. The van der Waals surface area contributed by atoms with E-state index in [4.69, 9.17) is 0 Å². The molecule has 66 valence electrons. The first-order valence-electron chi connectivity index (χ1n) is 3.82. The molecule has 0 aliphatic rings. The lowest BCUT2D eigenvalue weighted by atomic mass is 10.2. The van der Waals surface area contributed by atoms with Gasteiger partial charge in [-0.15, -0.1) is 0 Å². The number of unbranched alkanes of at least 4 members (excludes halogenated alkanes) is 3. The lowest BCUT2D eigenvalue weighted by molar-refractivity contribution is 0.429. The highest BCUT2D eigenvalue weighted by molar-refractivity contribution is 9.09. The van der Waals surface area contributed by atoms with Gasteiger partial charge in [0.25, 0.3) is 0 Å². The van der Waals surface area contributed by atoms with E-state index in [0.29, 0.717) is 6.42 Å². The van der Waals surface area contributed by atoms with Gasteiger partial charge in [-0.1, -0.05) is 19.8 Å². The Balaban J connectivity index is 3.40. The van der Waals surface area contributed by atoms with E-state index in [1.165, 1.54) is 6.08 Å². The number of hydrogen-bond donors (Lipinski definition) is 0. The molecule has 0 aromatic rings. The third-order valence-electron chi connectivity index (χ3n) is 1.36. The molecule has 3 heteroatoms. The summed E-state index contributed by atoms with van der Waals surface area (Å²) < 4.78 is 24.5. The molecular formula is C8H13BrF2. The highest BCUT2D eigenvalue weighted by atomic mass is 79.9. The van der Waals surface area contributed by atoms with E-state index in [0.717, 1.165) is 19.3 Å². The summed E-state index contributed by atoms with van der Waals surface area (Å²) in [5.74, 6) is -0.707. The summed E-state index contributed by atoms with van der Waals surface area (Å²) in [6, 6.07) is 0. The second-order valence-electron chi connectivity index (χ2n) is 2.39. The van der Waals surface area contributed by atoms with Gasteiger partial charge >= 0.3 is 0 Å². The van der Waals surface area contributed by atoms with E-state index < -0.39 is 10.9 Å². The van der Waals surface area contributed by atoms with Gasteiger partial charge in [0.15, 0.2) is 0 Å². The van der Waals surface area contributed by atoms with Crippen molar-refractivity contribution in [2.75, 3.05) is 0 Å². The van der Waals surface area contributed by atoms with Crippen LogP contribution in [0.5, 0.6) is 0 Å². The van der Waals surface area contributed by atoms with E-state index in [9.17, 15) is 8.78 Å². The summed E-state index contributed by atoms with van der Waals surface area (Å²) >= 11 is 2.50. The fourth-order valence-corrected chi connectivity index (χ4v) is 0.910. The lowest BCUT2D eigenvalue weighted by Gasteiger charge is -1.95. The predicted molar refractivity (Wildman–Crippen MR) is 47.2 cm³/mol. The molecule has 0 heterocycles. The fraction of sp³-hybridized carbons (Fsp3) is 0.750. The first kappa shape index (κ1) is 11.1. The van der Waals surface area contributed by atoms with Crippen molar-refractivity contribution in [1.29, 1.82) is 0 Å². The van der Waals surface area contributed by atoms with Crippen LogP contribution in [-0.2, 0) is 0 Å². The van der Waals surface area contributed by atoms with Crippen molar-refractivity contribution < 1.29 is 8.78 Å². The molecule has 0 aliphatic carbocycles. The van der Waals surface area contributed by atoms with Gasteiger partial charge in [-0.3, -0.25) is 0 Å². The third kappa shape index (κ3) is 6.48. The zero-order valence-corrected chi connectivity index (χ0v) is 8.20. The van der Waals surface area contributed by atoms with E-state index in [1.54, 1.807) is 0 Å². The first-order valence-corrected chi connectivity index (χ1v) is 4.73. The maximum Gasteiger partial charge on any atom is 0.205 e. The topological polar surface area (TPSA) is 0 Å². The van der Waals surface area contributed by atoms with E-state index >= 15 is 0 Å². The largest absolute Gasteiger partial charge is 0.227 e. The zero-order chi connectivity index (χ0) is 8.69. The molecule has 0 saturated heterocycles. The highest BCUT2D eigenvalue weighted by Crippen LogP contribution is 2.16. The third-order valence-corrected chi connectivity index (χ3v) is 1.79. The fourth-order valence-electron chi connectivity index (χ4n) is 0.723. The van der Waals surface area contributed by atoms with Crippen LogP contribution < -0.4 is 0 Å². The molecule has 0 amide bonds. The van der Waals surface area contributed by atoms with Crippen LogP contribution in [0.3, 0.4) is 0 Å². The molecule has 11 heavy (non-hydrogen) atoms. The summed E-state index contributed by atoms with van der Waals surface area (Å²) in [4.78, 5) is 0. The van der Waals surface area contributed by atoms with Gasteiger partial charge in [-0.2, -0.15) is 0 Å². The van der Waals surface area contributed by atoms with Crippen molar-refractivity contribution in [2.24, 2.45) is 0 Å². The summed E-state index contributed by atoms with van der Waals surface area (Å²) in [7, 11) is 0. The summed E-state index contributed by atoms with van der Waals surface area (Å²) in [5.41, 5.74) is 0. The Labute approximate surface area is 74.8 Å². The minimum absolute atomic E-state index is 0.631. The molecular weight excluding hydrogens is 214 g/mol. The molecule has 0 aromatic carbocycles. The Hall–Kier alpha value is 0.0800. The molecule has 0 nitrogen and oxygen atoms in total. The SMILES string of the molecule is CCCCCC=C(F)C(F)Br. The minimum Gasteiger partial charge on any atom is -0.227 e. The van der Waals surface area contributed by atoms with Gasteiger partial charge in [0.2, 0.25) is 5.08 Å². The Morgan fingerprint density at radius 3 is 2.64 bits per heavy atom. The molecule has 0 radical (unpaired) electrons. The normalized spacial score (nSPS) is 15.1. The van der Waals surface area contributed by atoms with Gasteiger partial charge in [-0.25, -0.2) is 8.78 Å². The number of allylic oxidation sites excluding steroid dienone is 2.